The maximum absolute atomic E-state index is 13.5. The highest BCUT2D eigenvalue weighted by Gasteiger charge is 2.11. The molecule has 0 radical (unpaired) electrons. The fourth-order valence-electron chi connectivity index (χ4n) is 2.09. The van der Waals surface area contributed by atoms with E-state index in [2.05, 4.69) is 6.92 Å². The molecule has 0 aliphatic heterocycles. The predicted octanol–water partition coefficient (Wildman–Crippen LogP) is 5.34. The minimum absolute atomic E-state index is 0.0718. The summed E-state index contributed by atoms with van der Waals surface area (Å²) in [7, 11) is 0. The number of benzene rings is 1. The molecule has 0 heterocycles. The van der Waals surface area contributed by atoms with Crippen LogP contribution >= 0.6 is 11.6 Å². The zero-order valence-corrected chi connectivity index (χ0v) is 12.3. The van der Waals surface area contributed by atoms with E-state index in [0.29, 0.717) is 17.0 Å². The van der Waals surface area contributed by atoms with Crippen LogP contribution in [0.25, 0.3) is 0 Å². The van der Waals surface area contributed by atoms with Crippen molar-refractivity contribution in [1.82, 2.24) is 0 Å². The summed E-state index contributed by atoms with van der Waals surface area (Å²) < 4.78 is 13.5. The van der Waals surface area contributed by atoms with E-state index in [1.807, 2.05) is 0 Å². The van der Waals surface area contributed by atoms with Crippen LogP contribution in [0.5, 0.6) is 0 Å². The molecule has 0 saturated heterocycles. The van der Waals surface area contributed by atoms with Gasteiger partial charge in [0.1, 0.15) is 11.6 Å². The second-order valence-electron chi connectivity index (χ2n) is 4.93. The lowest BCUT2D eigenvalue weighted by molar-refractivity contribution is -0.118. The Bertz CT molecular complexity index is 383. The van der Waals surface area contributed by atoms with Crippen LogP contribution in [0.3, 0.4) is 0 Å². The van der Waals surface area contributed by atoms with Gasteiger partial charge in [-0.15, -0.1) is 0 Å². The van der Waals surface area contributed by atoms with Gasteiger partial charge in [-0.2, -0.15) is 0 Å². The van der Waals surface area contributed by atoms with Gasteiger partial charge in [0.15, 0.2) is 0 Å². The third-order valence-electron chi connectivity index (χ3n) is 3.24. The van der Waals surface area contributed by atoms with Crippen LogP contribution < -0.4 is 0 Å². The van der Waals surface area contributed by atoms with Crippen LogP contribution in [-0.4, -0.2) is 5.78 Å². The average molecular weight is 285 g/mol. The molecule has 0 unspecified atom stereocenters. The summed E-state index contributed by atoms with van der Waals surface area (Å²) in [6.07, 6.45) is 7.53. The number of rotatable bonds is 9. The first-order valence-corrected chi connectivity index (χ1v) is 7.47. The second kappa shape index (κ2) is 9.08. The first kappa shape index (κ1) is 16.2. The van der Waals surface area contributed by atoms with Crippen molar-refractivity contribution < 1.29 is 9.18 Å². The summed E-state index contributed by atoms with van der Waals surface area (Å²) in [6, 6.07) is 4.52. The largest absolute Gasteiger partial charge is 0.299 e. The quantitative estimate of drug-likeness (QED) is 0.559. The third kappa shape index (κ3) is 6.20. The normalized spacial score (nSPS) is 10.7. The molecule has 0 amide bonds. The molecule has 1 aromatic rings. The van der Waals surface area contributed by atoms with Crippen molar-refractivity contribution in [3.05, 3.63) is 34.6 Å². The number of carbonyl (C=O) groups excluding carboxylic acids is 1. The van der Waals surface area contributed by atoms with Gasteiger partial charge in [-0.3, -0.25) is 4.79 Å². The summed E-state index contributed by atoms with van der Waals surface area (Å²) >= 11 is 5.90. The number of ketones is 1. The molecule has 0 atom stereocenters. The van der Waals surface area contributed by atoms with E-state index in [0.717, 1.165) is 12.8 Å². The van der Waals surface area contributed by atoms with Crippen molar-refractivity contribution in [2.45, 2.75) is 58.3 Å². The maximum atomic E-state index is 13.5. The molecule has 1 rings (SSSR count). The van der Waals surface area contributed by atoms with Gasteiger partial charge in [-0.1, -0.05) is 56.7 Å². The van der Waals surface area contributed by atoms with Gasteiger partial charge in [0.2, 0.25) is 0 Å². The lowest BCUT2D eigenvalue weighted by atomic mass is 10.0. The van der Waals surface area contributed by atoms with Crippen molar-refractivity contribution in [2.75, 3.05) is 0 Å². The zero-order chi connectivity index (χ0) is 14.1. The summed E-state index contributed by atoms with van der Waals surface area (Å²) in [5.41, 5.74) is 0.333. The molecule has 0 N–H and O–H groups in total. The van der Waals surface area contributed by atoms with Crippen LogP contribution in [0.15, 0.2) is 18.2 Å². The molecular formula is C16H22ClFO. The first-order valence-electron chi connectivity index (χ1n) is 7.09. The van der Waals surface area contributed by atoms with Gasteiger partial charge < -0.3 is 0 Å². The Morgan fingerprint density at radius 1 is 1.16 bits per heavy atom. The Hall–Kier alpha value is -0.890. The second-order valence-corrected chi connectivity index (χ2v) is 5.34. The molecule has 0 aliphatic rings. The molecule has 106 valence electrons. The van der Waals surface area contributed by atoms with Crippen molar-refractivity contribution in [3.63, 3.8) is 0 Å². The number of Topliss-reactive ketones (excluding diaryl/α,β-unsaturated/α-hetero) is 1. The lowest BCUT2D eigenvalue weighted by Crippen LogP contribution is -2.05. The highest BCUT2D eigenvalue weighted by molar-refractivity contribution is 6.31. The van der Waals surface area contributed by atoms with Crippen LogP contribution in [0.4, 0.5) is 4.39 Å². The Kier molecular flexibility index (Phi) is 7.73. The molecule has 0 bridgehead atoms. The van der Waals surface area contributed by atoms with E-state index in [-0.39, 0.29) is 18.0 Å². The monoisotopic (exact) mass is 284 g/mol. The number of unbranched alkanes of at least 4 members (excludes halogenated alkanes) is 5. The van der Waals surface area contributed by atoms with Gasteiger partial charge in [0.05, 0.1) is 0 Å². The molecule has 1 nitrogen and oxygen atoms in total. The van der Waals surface area contributed by atoms with Crippen LogP contribution in [0, 0.1) is 5.82 Å². The Balaban J connectivity index is 2.28. The minimum atomic E-state index is -0.385. The number of halogens is 2. The molecule has 3 heteroatoms. The van der Waals surface area contributed by atoms with Crippen molar-refractivity contribution in [1.29, 1.82) is 0 Å². The van der Waals surface area contributed by atoms with Gasteiger partial charge in [-0.05, 0) is 18.6 Å². The number of hydrogen-bond acceptors (Lipinski definition) is 1. The molecule has 0 aromatic heterocycles. The topological polar surface area (TPSA) is 17.1 Å². The fourth-order valence-corrected chi connectivity index (χ4v) is 2.32. The summed E-state index contributed by atoms with van der Waals surface area (Å²) in [5.74, 6) is -0.314. The lowest BCUT2D eigenvalue weighted by Gasteiger charge is -2.05. The molecule has 0 fully saturated rings. The highest BCUT2D eigenvalue weighted by Crippen LogP contribution is 2.20. The van der Waals surface area contributed by atoms with E-state index in [1.54, 1.807) is 12.1 Å². The Morgan fingerprint density at radius 2 is 1.84 bits per heavy atom. The molecule has 0 spiro atoms. The predicted molar refractivity (Wildman–Crippen MR) is 78.1 cm³/mol. The average Bonchev–Trinajstić information content (AvgIpc) is 2.38. The molecule has 0 saturated carbocycles. The summed E-state index contributed by atoms with van der Waals surface area (Å²) in [5, 5.41) is 0.344. The number of hydrogen-bond donors (Lipinski definition) is 0. The number of carbonyl (C=O) groups is 1. The van der Waals surface area contributed by atoms with E-state index >= 15 is 0 Å². The minimum Gasteiger partial charge on any atom is -0.299 e. The van der Waals surface area contributed by atoms with E-state index in [9.17, 15) is 9.18 Å². The van der Waals surface area contributed by atoms with Crippen LogP contribution in [0.1, 0.15) is 57.4 Å². The van der Waals surface area contributed by atoms with Crippen LogP contribution in [-0.2, 0) is 11.2 Å². The van der Waals surface area contributed by atoms with E-state index < -0.39 is 0 Å². The zero-order valence-electron chi connectivity index (χ0n) is 11.6. The van der Waals surface area contributed by atoms with E-state index in [1.165, 1.54) is 31.7 Å². The van der Waals surface area contributed by atoms with Gasteiger partial charge in [0, 0.05) is 23.4 Å². The molecule has 0 aliphatic carbocycles. The van der Waals surface area contributed by atoms with Crippen molar-refractivity contribution >= 4 is 17.4 Å². The van der Waals surface area contributed by atoms with E-state index in [4.69, 9.17) is 11.6 Å². The molecular weight excluding hydrogens is 263 g/mol. The summed E-state index contributed by atoms with van der Waals surface area (Å²) in [4.78, 5) is 11.8. The fraction of sp³-hybridized carbons (Fsp3) is 0.562. The smallest absolute Gasteiger partial charge is 0.137 e. The standard InChI is InChI=1S/C16H22ClFO/c1-2-3-4-5-6-7-9-13(19)12-14-15(17)10-8-11-16(14)18/h8,10-11H,2-7,9,12H2,1H3. The first-order chi connectivity index (χ1) is 9.15. The van der Waals surface area contributed by atoms with Gasteiger partial charge >= 0.3 is 0 Å². The van der Waals surface area contributed by atoms with Gasteiger partial charge in [-0.25, -0.2) is 4.39 Å². The summed E-state index contributed by atoms with van der Waals surface area (Å²) in [6.45, 7) is 2.18. The highest BCUT2D eigenvalue weighted by atomic mass is 35.5. The van der Waals surface area contributed by atoms with Crippen molar-refractivity contribution in [3.8, 4) is 0 Å². The van der Waals surface area contributed by atoms with Gasteiger partial charge in [0.25, 0.3) is 0 Å². The SMILES string of the molecule is CCCCCCCCC(=O)Cc1c(F)cccc1Cl. The third-order valence-corrected chi connectivity index (χ3v) is 3.60. The maximum Gasteiger partial charge on any atom is 0.137 e. The Labute approximate surface area is 120 Å². The molecule has 19 heavy (non-hydrogen) atoms. The van der Waals surface area contributed by atoms with Crippen LogP contribution in [0.2, 0.25) is 5.02 Å². The molecule has 1 aromatic carbocycles. The Morgan fingerprint density at radius 3 is 2.53 bits per heavy atom. The van der Waals surface area contributed by atoms with Crippen molar-refractivity contribution in [2.24, 2.45) is 0 Å².